The maximum absolute atomic E-state index is 11.9. The second kappa shape index (κ2) is 5.23. The largest absolute Gasteiger partial charge is 0.368 e. The Morgan fingerprint density at radius 1 is 1.42 bits per heavy atom. The molecule has 7 nitrogen and oxygen atoms in total. The first-order chi connectivity index (χ1) is 8.65. The first-order valence-corrected chi connectivity index (χ1v) is 5.59. The topological polar surface area (TPSA) is 115 Å². The van der Waals surface area contributed by atoms with Crippen molar-refractivity contribution in [2.75, 3.05) is 0 Å². The molecule has 3 N–H and O–H groups in total. The highest BCUT2D eigenvalue weighted by Crippen LogP contribution is 2.22. The van der Waals surface area contributed by atoms with E-state index in [4.69, 9.17) is 17.3 Å². The summed E-state index contributed by atoms with van der Waals surface area (Å²) in [6, 6.07) is 3.46. The fraction of sp³-hybridized carbons (Fsp3) is 0.273. The molecule has 0 heterocycles. The van der Waals surface area contributed by atoms with Crippen LogP contribution in [0.15, 0.2) is 18.2 Å². The van der Waals surface area contributed by atoms with E-state index in [1.54, 1.807) is 0 Å². The summed E-state index contributed by atoms with van der Waals surface area (Å²) in [5.41, 5.74) is 3.47. The molecule has 0 atom stereocenters. The Balaban J connectivity index is 3.09. The maximum atomic E-state index is 11.9. The van der Waals surface area contributed by atoms with Gasteiger partial charge in [0.1, 0.15) is 5.54 Å². The molecule has 0 spiro atoms. The Bertz CT molecular complexity index is 557. The summed E-state index contributed by atoms with van der Waals surface area (Å²) in [5, 5.41) is 13.0. The molecule has 1 rings (SSSR count). The molecule has 2 amide bonds. The number of amides is 2. The third-order valence-corrected chi connectivity index (χ3v) is 2.78. The first kappa shape index (κ1) is 14.9. The lowest BCUT2D eigenvalue weighted by molar-refractivity contribution is -0.384. The van der Waals surface area contributed by atoms with Crippen molar-refractivity contribution >= 4 is 29.1 Å². The molecular weight excluding hydrogens is 274 g/mol. The summed E-state index contributed by atoms with van der Waals surface area (Å²) in [6.45, 7) is 2.83. The highest BCUT2D eigenvalue weighted by Gasteiger charge is 2.28. The van der Waals surface area contributed by atoms with Crippen LogP contribution in [0.25, 0.3) is 0 Å². The van der Waals surface area contributed by atoms with Crippen molar-refractivity contribution in [1.82, 2.24) is 5.32 Å². The van der Waals surface area contributed by atoms with Crippen LogP contribution in [-0.4, -0.2) is 22.3 Å². The van der Waals surface area contributed by atoms with Crippen LogP contribution in [0.3, 0.4) is 0 Å². The number of halogens is 1. The van der Waals surface area contributed by atoms with Gasteiger partial charge in [0.2, 0.25) is 5.91 Å². The summed E-state index contributed by atoms with van der Waals surface area (Å²) < 4.78 is 0. The number of benzene rings is 1. The number of non-ortho nitro benzene ring substituents is 1. The number of nitrogens with two attached hydrogens (primary N) is 1. The molecule has 0 aliphatic heterocycles. The number of nitro groups is 1. The molecule has 102 valence electrons. The minimum absolute atomic E-state index is 0.0448. The van der Waals surface area contributed by atoms with Crippen molar-refractivity contribution < 1.29 is 14.5 Å². The van der Waals surface area contributed by atoms with Crippen LogP contribution in [0.2, 0.25) is 5.02 Å². The van der Waals surface area contributed by atoms with Gasteiger partial charge in [-0.3, -0.25) is 19.7 Å². The summed E-state index contributed by atoms with van der Waals surface area (Å²) in [6.07, 6.45) is 0. The minimum Gasteiger partial charge on any atom is -0.368 e. The second-order valence-corrected chi connectivity index (χ2v) is 4.77. The van der Waals surface area contributed by atoms with Gasteiger partial charge in [-0.05, 0) is 19.9 Å². The van der Waals surface area contributed by atoms with E-state index < -0.39 is 22.3 Å². The number of hydrogen-bond donors (Lipinski definition) is 2. The van der Waals surface area contributed by atoms with E-state index in [2.05, 4.69) is 5.32 Å². The minimum atomic E-state index is -1.29. The van der Waals surface area contributed by atoms with Gasteiger partial charge in [-0.1, -0.05) is 11.6 Å². The molecule has 0 aliphatic carbocycles. The van der Waals surface area contributed by atoms with E-state index in [1.165, 1.54) is 26.0 Å². The zero-order valence-electron chi connectivity index (χ0n) is 10.3. The zero-order chi connectivity index (χ0) is 14.8. The Hall–Kier alpha value is -2.15. The number of carbonyl (C=O) groups excluding carboxylic acids is 2. The lowest BCUT2D eigenvalue weighted by Crippen LogP contribution is -2.53. The van der Waals surface area contributed by atoms with Gasteiger partial charge in [0.25, 0.3) is 11.6 Å². The van der Waals surface area contributed by atoms with Crippen molar-refractivity contribution in [2.45, 2.75) is 19.4 Å². The van der Waals surface area contributed by atoms with Crippen molar-refractivity contribution in [2.24, 2.45) is 5.73 Å². The number of nitrogens with one attached hydrogen (secondary N) is 1. The van der Waals surface area contributed by atoms with Gasteiger partial charge in [0.15, 0.2) is 0 Å². The fourth-order valence-electron chi connectivity index (χ4n) is 1.21. The zero-order valence-corrected chi connectivity index (χ0v) is 11.0. The second-order valence-electron chi connectivity index (χ2n) is 4.36. The van der Waals surface area contributed by atoms with Crippen LogP contribution in [0.4, 0.5) is 5.69 Å². The number of nitrogens with zero attached hydrogens (tertiary/aromatic N) is 1. The van der Waals surface area contributed by atoms with Crippen molar-refractivity contribution in [3.05, 3.63) is 38.9 Å². The van der Waals surface area contributed by atoms with Gasteiger partial charge in [-0.15, -0.1) is 0 Å². The third-order valence-electron chi connectivity index (χ3n) is 2.45. The molecule has 0 radical (unpaired) electrons. The van der Waals surface area contributed by atoms with Crippen molar-refractivity contribution in [3.63, 3.8) is 0 Å². The van der Waals surface area contributed by atoms with E-state index in [0.717, 1.165) is 6.07 Å². The first-order valence-electron chi connectivity index (χ1n) is 5.21. The number of nitro benzene ring substituents is 1. The normalized spacial score (nSPS) is 10.9. The number of hydrogen-bond acceptors (Lipinski definition) is 4. The molecule has 0 saturated carbocycles. The molecule has 1 aromatic carbocycles. The van der Waals surface area contributed by atoms with E-state index in [1.807, 2.05) is 0 Å². The van der Waals surface area contributed by atoms with Gasteiger partial charge in [-0.2, -0.15) is 0 Å². The summed E-state index contributed by atoms with van der Waals surface area (Å²) >= 11 is 5.80. The van der Waals surface area contributed by atoms with E-state index in [-0.39, 0.29) is 16.3 Å². The van der Waals surface area contributed by atoms with Crippen LogP contribution < -0.4 is 11.1 Å². The number of primary amides is 1. The summed E-state index contributed by atoms with van der Waals surface area (Å²) in [5.74, 6) is -1.44. The van der Waals surface area contributed by atoms with Crippen LogP contribution in [0, 0.1) is 10.1 Å². The Morgan fingerprint density at radius 2 is 2.00 bits per heavy atom. The number of rotatable bonds is 4. The third kappa shape index (κ3) is 3.41. The smallest absolute Gasteiger partial charge is 0.270 e. The van der Waals surface area contributed by atoms with Gasteiger partial charge < -0.3 is 11.1 Å². The van der Waals surface area contributed by atoms with Crippen molar-refractivity contribution in [3.8, 4) is 0 Å². The van der Waals surface area contributed by atoms with Crippen LogP contribution in [0.1, 0.15) is 24.2 Å². The molecule has 0 unspecified atom stereocenters. The molecule has 8 heteroatoms. The predicted octanol–water partition coefficient (Wildman–Crippen LogP) is 1.24. The Labute approximate surface area is 113 Å². The van der Waals surface area contributed by atoms with Crippen molar-refractivity contribution in [1.29, 1.82) is 0 Å². The molecule has 0 aromatic heterocycles. The van der Waals surface area contributed by atoms with Gasteiger partial charge in [-0.25, -0.2) is 0 Å². The SMILES string of the molecule is CC(C)(NC(=O)c1cc([N+](=O)[O-])ccc1Cl)C(N)=O. The monoisotopic (exact) mass is 285 g/mol. The molecular formula is C11H12ClN3O4. The average Bonchev–Trinajstić information content (AvgIpc) is 2.28. The quantitative estimate of drug-likeness (QED) is 0.639. The van der Waals surface area contributed by atoms with E-state index in [0.29, 0.717) is 0 Å². The maximum Gasteiger partial charge on any atom is 0.270 e. The molecule has 0 fully saturated rings. The van der Waals surface area contributed by atoms with Gasteiger partial charge in [0, 0.05) is 12.1 Å². The highest BCUT2D eigenvalue weighted by atomic mass is 35.5. The van der Waals surface area contributed by atoms with Gasteiger partial charge in [0.05, 0.1) is 15.5 Å². The molecule has 19 heavy (non-hydrogen) atoms. The lowest BCUT2D eigenvalue weighted by atomic mass is 10.0. The molecule has 0 bridgehead atoms. The predicted molar refractivity (Wildman–Crippen MR) is 68.8 cm³/mol. The Kier molecular flexibility index (Phi) is 4.10. The highest BCUT2D eigenvalue weighted by molar-refractivity contribution is 6.34. The Morgan fingerprint density at radius 3 is 2.47 bits per heavy atom. The van der Waals surface area contributed by atoms with E-state index >= 15 is 0 Å². The van der Waals surface area contributed by atoms with E-state index in [9.17, 15) is 19.7 Å². The number of carbonyl (C=O) groups is 2. The summed E-state index contributed by atoms with van der Waals surface area (Å²) in [4.78, 5) is 33.0. The molecule has 0 saturated heterocycles. The van der Waals surface area contributed by atoms with Gasteiger partial charge >= 0.3 is 0 Å². The average molecular weight is 286 g/mol. The van der Waals surface area contributed by atoms with Crippen LogP contribution in [0.5, 0.6) is 0 Å². The van der Waals surface area contributed by atoms with Crippen LogP contribution in [-0.2, 0) is 4.79 Å². The fourth-order valence-corrected chi connectivity index (χ4v) is 1.42. The standard InChI is InChI=1S/C11H12ClN3O4/c1-11(2,10(13)17)14-9(16)7-5-6(15(18)19)3-4-8(7)12/h3-5H,1-2H3,(H2,13,17)(H,14,16). The molecule has 0 aliphatic rings. The lowest BCUT2D eigenvalue weighted by Gasteiger charge is -2.22. The molecule has 1 aromatic rings. The van der Waals surface area contributed by atoms with Crippen LogP contribution >= 0.6 is 11.6 Å². The summed E-state index contributed by atoms with van der Waals surface area (Å²) in [7, 11) is 0.